The largest absolute Gasteiger partial charge is 0.351 e. The third-order valence-electron chi connectivity index (χ3n) is 1.45. The molecular formula is C9H10N2OS. The predicted octanol–water partition coefficient (Wildman–Crippen LogP) is 1.29. The SMILES string of the molecule is C#CCCCNC(=O)c1cscn1. The Labute approximate surface area is 81.2 Å². The van der Waals surface area contributed by atoms with Gasteiger partial charge in [-0.05, 0) is 6.42 Å². The molecule has 3 nitrogen and oxygen atoms in total. The van der Waals surface area contributed by atoms with Crippen LogP contribution in [-0.2, 0) is 0 Å². The first kappa shape index (κ1) is 9.75. The number of rotatable bonds is 4. The topological polar surface area (TPSA) is 42.0 Å². The van der Waals surface area contributed by atoms with Gasteiger partial charge in [0.25, 0.3) is 5.91 Å². The lowest BCUT2D eigenvalue weighted by molar-refractivity contribution is 0.0949. The minimum Gasteiger partial charge on any atom is -0.351 e. The molecule has 0 aliphatic heterocycles. The molecule has 0 spiro atoms. The highest BCUT2D eigenvalue weighted by Gasteiger charge is 2.04. The molecule has 0 saturated carbocycles. The van der Waals surface area contributed by atoms with E-state index in [0.29, 0.717) is 18.7 Å². The zero-order valence-corrected chi connectivity index (χ0v) is 7.93. The van der Waals surface area contributed by atoms with Gasteiger partial charge < -0.3 is 5.32 Å². The summed E-state index contributed by atoms with van der Waals surface area (Å²) in [5, 5.41) is 4.45. The van der Waals surface area contributed by atoms with E-state index in [0.717, 1.165) is 6.42 Å². The summed E-state index contributed by atoms with van der Waals surface area (Å²) in [4.78, 5) is 15.1. The molecule has 1 rings (SSSR count). The monoisotopic (exact) mass is 194 g/mol. The number of hydrogen-bond donors (Lipinski definition) is 1. The minimum atomic E-state index is -0.127. The number of terminal acetylenes is 1. The van der Waals surface area contributed by atoms with Crippen molar-refractivity contribution in [3.63, 3.8) is 0 Å². The van der Waals surface area contributed by atoms with Crippen LogP contribution in [0.4, 0.5) is 0 Å². The fourth-order valence-electron chi connectivity index (χ4n) is 0.808. The van der Waals surface area contributed by atoms with Crippen LogP contribution >= 0.6 is 11.3 Å². The molecule has 1 amide bonds. The van der Waals surface area contributed by atoms with Crippen LogP contribution in [0.5, 0.6) is 0 Å². The number of nitrogens with zero attached hydrogens (tertiary/aromatic N) is 1. The van der Waals surface area contributed by atoms with Gasteiger partial charge in [-0.1, -0.05) is 0 Å². The van der Waals surface area contributed by atoms with Crippen molar-refractivity contribution in [1.82, 2.24) is 10.3 Å². The van der Waals surface area contributed by atoms with Gasteiger partial charge in [-0.2, -0.15) is 0 Å². The summed E-state index contributed by atoms with van der Waals surface area (Å²) < 4.78 is 0. The Hall–Kier alpha value is -1.34. The van der Waals surface area contributed by atoms with Gasteiger partial charge in [0.2, 0.25) is 0 Å². The van der Waals surface area contributed by atoms with Gasteiger partial charge in [0.15, 0.2) is 0 Å². The number of carbonyl (C=O) groups is 1. The van der Waals surface area contributed by atoms with Crippen LogP contribution in [0.25, 0.3) is 0 Å². The van der Waals surface area contributed by atoms with Crippen molar-refractivity contribution in [3.8, 4) is 12.3 Å². The summed E-state index contributed by atoms with van der Waals surface area (Å²) in [5.41, 5.74) is 2.11. The van der Waals surface area contributed by atoms with E-state index in [9.17, 15) is 4.79 Å². The second-order valence-corrected chi connectivity index (χ2v) is 3.16. The first-order chi connectivity index (χ1) is 6.34. The van der Waals surface area contributed by atoms with Crippen LogP contribution in [0.1, 0.15) is 23.3 Å². The van der Waals surface area contributed by atoms with Crippen molar-refractivity contribution in [2.45, 2.75) is 12.8 Å². The number of amides is 1. The molecule has 0 unspecified atom stereocenters. The van der Waals surface area contributed by atoms with Gasteiger partial charge in [0, 0.05) is 18.3 Å². The fourth-order valence-corrected chi connectivity index (χ4v) is 1.34. The predicted molar refractivity (Wildman–Crippen MR) is 52.5 cm³/mol. The maximum atomic E-state index is 11.3. The van der Waals surface area contributed by atoms with Gasteiger partial charge in [-0.3, -0.25) is 4.79 Å². The summed E-state index contributed by atoms with van der Waals surface area (Å²) in [6.07, 6.45) is 6.57. The van der Waals surface area contributed by atoms with Gasteiger partial charge in [-0.25, -0.2) is 4.98 Å². The smallest absolute Gasteiger partial charge is 0.270 e. The molecule has 68 valence electrons. The van der Waals surface area contributed by atoms with Crippen LogP contribution < -0.4 is 5.32 Å². The van der Waals surface area contributed by atoms with Crippen molar-refractivity contribution in [2.75, 3.05) is 6.54 Å². The van der Waals surface area contributed by atoms with Crippen molar-refractivity contribution in [3.05, 3.63) is 16.6 Å². The number of hydrogen-bond acceptors (Lipinski definition) is 3. The van der Waals surface area contributed by atoms with Gasteiger partial charge in [-0.15, -0.1) is 23.7 Å². The van der Waals surface area contributed by atoms with E-state index in [1.165, 1.54) is 11.3 Å². The standard InChI is InChI=1S/C9H10N2OS/c1-2-3-4-5-10-9(12)8-6-13-7-11-8/h1,6-7H,3-5H2,(H,10,12). The summed E-state index contributed by atoms with van der Waals surface area (Å²) in [6.45, 7) is 0.612. The average Bonchev–Trinajstić information content (AvgIpc) is 2.65. The van der Waals surface area contributed by atoms with Crippen molar-refractivity contribution in [1.29, 1.82) is 0 Å². The van der Waals surface area contributed by atoms with E-state index in [4.69, 9.17) is 6.42 Å². The Balaban J connectivity index is 2.24. The van der Waals surface area contributed by atoms with Crippen LogP contribution in [-0.4, -0.2) is 17.4 Å². The maximum absolute atomic E-state index is 11.3. The molecule has 0 radical (unpaired) electrons. The fraction of sp³-hybridized carbons (Fsp3) is 0.333. The number of nitrogens with one attached hydrogen (secondary N) is 1. The third kappa shape index (κ3) is 3.26. The molecule has 1 aromatic rings. The molecule has 0 aromatic carbocycles. The van der Waals surface area contributed by atoms with Crippen LogP contribution in [0, 0.1) is 12.3 Å². The minimum absolute atomic E-state index is 0.127. The highest BCUT2D eigenvalue weighted by Crippen LogP contribution is 2.00. The van der Waals surface area contributed by atoms with E-state index >= 15 is 0 Å². The quantitative estimate of drug-likeness (QED) is 0.579. The van der Waals surface area contributed by atoms with Crippen molar-refractivity contribution < 1.29 is 4.79 Å². The first-order valence-corrected chi connectivity index (χ1v) is 4.88. The van der Waals surface area contributed by atoms with E-state index in [1.807, 2.05) is 0 Å². The molecule has 1 aromatic heterocycles. The Kier molecular flexibility index (Phi) is 4.00. The number of aromatic nitrogens is 1. The summed E-state index contributed by atoms with van der Waals surface area (Å²) in [5.74, 6) is 2.38. The molecule has 0 saturated heterocycles. The summed E-state index contributed by atoms with van der Waals surface area (Å²) in [6, 6.07) is 0. The highest BCUT2D eigenvalue weighted by molar-refractivity contribution is 7.07. The van der Waals surface area contributed by atoms with Gasteiger partial charge >= 0.3 is 0 Å². The second kappa shape index (κ2) is 5.33. The molecule has 0 aliphatic rings. The van der Waals surface area contributed by atoms with E-state index in [-0.39, 0.29) is 5.91 Å². The van der Waals surface area contributed by atoms with E-state index in [1.54, 1.807) is 10.9 Å². The molecular weight excluding hydrogens is 184 g/mol. The Morgan fingerprint density at radius 2 is 2.62 bits per heavy atom. The lowest BCUT2D eigenvalue weighted by atomic mass is 10.3. The zero-order chi connectivity index (χ0) is 9.52. The van der Waals surface area contributed by atoms with Crippen LogP contribution in [0.2, 0.25) is 0 Å². The lowest BCUT2D eigenvalue weighted by Crippen LogP contribution is -2.24. The molecule has 0 bridgehead atoms. The summed E-state index contributed by atoms with van der Waals surface area (Å²) >= 11 is 1.41. The number of unbranched alkanes of at least 4 members (excludes halogenated alkanes) is 1. The van der Waals surface area contributed by atoms with E-state index in [2.05, 4.69) is 16.2 Å². The van der Waals surface area contributed by atoms with Crippen molar-refractivity contribution >= 4 is 17.2 Å². The highest BCUT2D eigenvalue weighted by atomic mass is 32.1. The second-order valence-electron chi connectivity index (χ2n) is 2.44. The molecule has 4 heteroatoms. The molecule has 1 heterocycles. The Morgan fingerprint density at radius 1 is 1.77 bits per heavy atom. The first-order valence-electron chi connectivity index (χ1n) is 3.94. The Bertz CT molecular complexity index is 300. The van der Waals surface area contributed by atoms with Gasteiger partial charge in [0.05, 0.1) is 5.51 Å². The molecule has 0 atom stereocenters. The third-order valence-corrected chi connectivity index (χ3v) is 2.03. The van der Waals surface area contributed by atoms with Crippen molar-refractivity contribution in [2.24, 2.45) is 0 Å². The van der Waals surface area contributed by atoms with Crippen LogP contribution in [0.15, 0.2) is 10.9 Å². The molecule has 1 N–H and O–H groups in total. The number of thiazole rings is 1. The van der Waals surface area contributed by atoms with Gasteiger partial charge in [0.1, 0.15) is 5.69 Å². The molecule has 0 aliphatic carbocycles. The number of carbonyl (C=O) groups excluding carboxylic acids is 1. The van der Waals surface area contributed by atoms with E-state index < -0.39 is 0 Å². The zero-order valence-electron chi connectivity index (χ0n) is 7.12. The maximum Gasteiger partial charge on any atom is 0.270 e. The normalized spacial score (nSPS) is 9.15. The molecule has 0 fully saturated rings. The Morgan fingerprint density at radius 3 is 3.23 bits per heavy atom. The van der Waals surface area contributed by atoms with Crippen LogP contribution in [0.3, 0.4) is 0 Å². The molecule has 13 heavy (non-hydrogen) atoms. The average molecular weight is 194 g/mol. The summed E-state index contributed by atoms with van der Waals surface area (Å²) in [7, 11) is 0. The lowest BCUT2D eigenvalue weighted by Gasteiger charge is -1.99.